The first-order valence-corrected chi connectivity index (χ1v) is 7.57. The molecular weight excluding hydrogens is 268 g/mol. The van der Waals surface area contributed by atoms with Crippen LogP contribution in [0.2, 0.25) is 0 Å². The topological polar surface area (TPSA) is 36.3 Å². The average molecular weight is 284 g/mol. The van der Waals surface area contributed by atoms with Crippen LogP contribution in [0.1, 0.15) is 23.3 Å². The Morgan fingerprint density at radius 2 is 2.25 bits per heavy atom. The van der Waals surface area contributed by atoms with Crippen LogP contribution in [0.4, 0.5) is 5.69 Å². The highest BCUT2D eigenvalue weighted by molar-refractivity contribution is 7.09. The van der Waals surface area contributed by atoms with E-state index in [1.807, 2.05) is 18.2 Å². The van der Waals surface area contributed by atoms with Crippen LogP contribution in [-0.4, -0.2) is 13.2 Å². The predicted molar refractivity (Wildman–Crippen MR) is 81.2 cm³/mol. The van der Waals surface area contributed by atoms with Crippen molar-refractivity contribution in [3.05, 3.63) is 46.2 Å². The summed E-state index contributed by atoms with van der Waals surface area (Å²) >= 11 is 1.76. The molecule has 1 aliphatic carbocycles. The third-order valence-corrected chi connectivity index (χ3v) is 4.39. The number of thiophene rings is 1. The molecule has 0 aliphatic heterocycles. The van der Waals surface area contributed by atoms with Gasteiger partial charge in [0.2, 0.25) is 0 Å². The lowest BCUT2D eigenvalue weighted by atomic mass is 10.1. The predicted octanol–water partition coefficient (Wildman–Crippen LogP) is 3.80. The molecule has 2 aromatic rings. The zero-order valence-electron chi connectivity index (χ0n) is 11.4. The van der Waals surface area contributed by atoms with Gasteiger partial charge in [-0.1, -0.05) is 6.07 Å². The van der Waals surface area contributed by atoms with Crippen LogP contribution in [0.3, 0.4) is 0 Å². The number of benzene rings is 1. The third-order valence-electron chi connectivity index (χ3n) is 3.53. The van der Waals surface area contributed by atoms with Gasteiger partial charge in [0, 0.05) is 17.0 Å². The Morgan fingerprint density at radius 1 is 1.40 bits per heavy atom. The zero-order valence-corrected chi connectivity index (χ0v) is 12.2. The molecule has 0 atom stereocenters. The van der Waals surface area contributed by atoms with E-state index in [0.29, 0.717) is 11.6 Å². The van der Waals surface area contributed by atoms with Crippen molar-refractivity contribution in [3.63, 3.8) is 0 Å². The van der Waals surface area contributed by atoms with Gasteiger partial charge in [-0.25, -0.2) is 0 Å². The molecule has 0 amide bonds. The van der Waals surface area contributed by atoms with Crippen LogP contribution in [0, 0.1) is 11.3 Å². The number of hydrogen-bond acceptors (Lipinski definition) is 4. The summed E-state index contributed by atoms with van der Waals surface area (Å²) < 4.78 is 5.31. The molecule has 0 bridgehead atoms. The normalized spacial score (nSPS) is 13.8. The van der Waals surface area contributed by atoms with E-state index in [1.54, 1.807) is 18.4 Å². The Bertz CT molecular complexity index is 626. The molecule has 20 heavy (non-hydrogen) atoms. The van der Waals surface area contributed by atoms with Crippen molar-refractivity contribution in [1.82, 2.24) is 0 Å². The second-order valence-corrected chi connectivity index (χ2v) is 5.97. The fourth-order valence-corrected chi connectivity index (χ4v) is 3.04. The second-order valence-electron chi connectivity index (χ2n) is 4.93. The number of nitrogens with zero attached hydrogens (tertiary/aromatic N) is 2. The van der Waals surface area contributed by atoms with Crippen molar-refractivity contribution in [2.45, 2.75) is 25.4 Å². The first-order chi connectivity index (χ1) is 9.81. The Balaban J connectivity index is 1.96. The van der Waals surface area contributed by atoms with E-state index < -0.39 is 0 Å². The number of ether oxygens (including phenoxy) is 1. The van der Waals surface area contributed by atoms with Crippen molar-refractivity contribution in [1.29, 1.82) is 5.26 Å². The summed E-state index contributed by atoms with van der Waals surface area (Å²) in [5.41, 5.74) is 1.71. The van der Waals surface area contributed by atoms with Crippen molar-refractivity contribution in [3.8, 4) is 11.8 Å². The van der Waals surface area contributed by atoms with Crippen LogP contribution >= 0.6 is 11.3 Å². The van der Waals surface area contributed by atoms with Crippen LogP contribution in [0.5, 0.6) is 5.75 Å². The number of methoxy groups -OCH3 is 1. The number of hydrogen-bond donors (Lipinski definition) is 0. The van der Waals surface area contributed by atoms with Gasteiger partial charge in [-0.3, -0.25) is 0 Å². The fourth-order valence-electron chi connectivity index (χ4n) is 2.34. The lowest BCUT2D eigenvalue weighted by Gasteiger charge is -2.25. The van der Waals surface area contributed by atoms with Gasteiger partial charge >= 0.3 is 0 Å². The molecule has 1 heterocycles. The van der Waals surface area contributed by atoms with Gasteiger partial charge in [-0.15, -0.1) is 11.3 Å². The van der Waals surface area contributed by atoms with E-state index in [4.69, 9.17) is 4.74 Å². The fraction of sp³-hybridized carbons (Fsp3) is 0.312. The van der Waals surface area contributed by atoms with Crippen molar-refractivity contribution < 1.29 is 4.74 Å². The molecular formula is C16H16N2OS. The highest BCUT2D eigenvalue weighted by atomic mass is 32.1. The summed E-state index contributed by atoms with van der Waals surface area (Å²) in [6, 6.07) is 12.7. The maximum Gasteiger partial charge on any atom is 0.121 e. The lowest BCUT2D eigenvalue weighted by molar-refractivity contribution is 0.414. The molecule has 1 aliphatic rings. The van der Waals surface area contributed by atoms with Gasteiger partial charge in [0.25, 0.3) is 0 Å². The quantitative estimate of drug-likeness (QED) is 0.838. The molecule has 102 valence electrons. The smallest absolute Gasteiger partial charge is 0.121 e. The van der Waals surface area contributed by atoms with Crippen LogP contribution < -0.4 is 9.64 Å². The van der Waals surface area contributed by atoms with Gasteiger partial charge in [0.1, 0.15) is 11.8 Å². The van der Waals surface area contributed by atoms with Gasteiger partial charge in [0.15, 0.2) is 0 Å². The van der Waals surface area contributed by atoms with E-state index in [1.165, 1.54) is 17.7 Å². The molecule has 1 aromatic carbocycles. The maximum absolute atomic E-state index is 9.34. The maximum atomic E-state index is 9.34. The molecule has 0 N–H and O–H groups in total. The van der Waals surface area contributed by atoms with E-state index >= 15 is 0 Å². The minimum Gasteiger partial charge on any atom is -0.497 e. The lowest BCUT2D eigenvalue weighted by Crippen LogP contribution is -2.25. The summed E-state index contributed by atoms with van der Waals surface area (Å²) in [6.07, 6.45) is 2.40. The molecule has 4 heteroatoms. The summed E-state index contributed by atoms with van der Waals surface area (Å²) in [5.74, 6) is 0.802. The van der Waals surface area contributed by atoms with Gasteiger partial charge in [-0.05, 0) is 36.4 Å². The number of anilines is 1. The zero-order chi connectivity index (χ0) is 13.9. The molecule has 0 radical (unpaired) electrons. The molecule has 3 nitrogen and oxygen atoms in total. The van der Waals surface area contributed by atoms with E-state index in [-0.39, 0.29) is 0 Å². The number of nitriles is 1. The molecule has 0 unspecified atom stereocenters. The van der Waals surface area contributed by atoms with Crippen LogP contribution in [0.25, 0.3) is 0 Å². The minimum absolute atomic E-state index is 0.552. The van der Waals surface area contributed by atoms with E-state index in [9.17, 15) is 5.26 Å². The van der Waals surface area contributed by atoms with Crippen molar-refractivity contribution in [2.24, 2.45) is 0 Å². The summed E-state index contributed by atoms with van der Waals surface area (Å²) in [4.78, 5) is 3.66. The van der Waals surface area contributed by atoms with E-state index in [0.717, 1.165) is 18.0 Å². The molecule has 1 saturated carbocycles. The third kappa shape index (κ3) is 2.63. The van der Waals surface area contributed by atoms with Crippen molar-refractivity contribution in [2.75, 3.05) is 12.0 Å². The largest absolute Gasteiger partial charge is 0.497 e. The molecule has 1 aromatic heterocycles. The SMILES string of the molecule is COc1ccc(C#N)c(N(Cc2cccs2)C2CC2)c1. The molecule has 1 fully saturated rings. The van der Waals surface area contributed by atoms with Crippen LogP contribution in [-0.2, 0) is 6.54 Å². The number of rotatable bonds is 5. The van der Waals surface area contributed by atoms with Gasteiger partial charge < -0.3 is 9.64 Å². The molecule has 0 saturated heterocycles. The first kappa shape index (κ1) is 13.0. The Kier molecular flexibility index (Phi) is 3.62. The van der Waals surface area contributed by atoms with Gasteiger partial charge in [-0.2, -0.15) is 5.26 Å². The molecule has 3 rings (SSSR count). The summed E-state index contributed by atoms with van der Waals surface area (Å²) in [6.45, 7) is 0.865. The van der Waals surface area contributed by atoms with Crippen LogP contribution in [0.15, 0.2) is 35.7 Å². The first-order valence-electron chi connectivity index (χ1n) is 6.69. The second kappa shape index (κ2) is 5.56. The van der Waals surface area contributed by atoms with E-state index in [2.05, 4.69) is 28.5 Å². The minimum atomic E-state index is 0.552. The standard InChI is InChI=1S/C16H16N2OS/c1-19-14-7-4-12(10-17)16(9-14)18(13-5-6-13)11-15-3-2-8-20-15/h2-4,7-9,13H,5-6,11H2,1H3. The highest BCUT2D eigenvalue weighted by Gasteiger charge is 2.31. The Hall–Kier alpha value is -1.99. The average Bonchev–Trinajstić information content (AvgIpc) is 3.20. The Morgan fingerprint density at radius 3 is 2.85 bits per heavy atom. The van der Waals surface area contributed by atoms with Crippen molar-refractivity contribution >= 4 is 17.0 Å². The van der Waals surface area contributed by atoms with Gasteiger partial charge in [0.05, 0.1) is 24.9 Å². The summed E-state index contributed by atoms with van der Waals surface area (Å²) in [7, 11) is 1.66. The summed E-state index contributed by atoms with van der Waals surface area (Å²) in [5, 5.41) is 11.4. The Labute approximate surface area is 123 Å². The highest BCUT2D eigenvalue weighted by Crippen LogP contribution is 2.37. The molecule has 0 spiro atoms. The monoisotopic (exact) mass is 284 g/mol.